The van der Waals surface area contributed by atoms with Crippen LogP contribution in [0.5, 0.6) is 0 Å². The van der Waals surface area contributed by atoms with Crippen molar-refractivity contribution in [3.8, 4) is 0 Å². The van der Waals surface area contributed by atoms with Gasteiger partial charge in [0.25, 0.3) is 0 Å². The second kappa shape index (κ2) is 6.60. The first-order chi connectivity index (χ1) is 5.70. The Kier molecular flexibility index (Phi) is 6.00. The van der Waals surface area contributed by atoms with E-state index in [0.29, 0.717) is 0 Å². The lowest BCUT2D eigenvalue weighted by molar-refractivity contribution is -0.140. The van der Waals surface area contributed by atoms with Crippen LogP contribution < -0.4 is 0 Å². The van der Waals surface area contributed by atoms with E-state index < -0.39 is 12.1 Å². The second-order valence-electron chi connectivity index (χ2n) is 1.98. The highest BCUT2D eigenvalue weighted by molar-refractivity contribution is 5.81. The van der Waals surface area contributed by atoms with E-state index >= 15 is 0 Å². The number of aliphatic hydroxyl groups excluding tert-OH is 1. The zero-order chi connectivity index (χ0) is 9.40. The molecule has 0 aromatic carbocycles. The molecule has 5 nitrogen and oxygen atoms in total. The van der Waals surface area contributed by atoms with Gasteiger partial charge in [-0.1, -0.05) is 0 Å². The normalized spacial score (nSPS) is 9.17. The van der Waals surface area contributed by atoms with Gasteiger partial charge in [0.05, 0.1) is 6.61 Å². The highest BCUT2D eigenvalue weighted by Crippen LogP contribution is 1.93. The maximum absolute atomic E-state index is 10.7. The van der Waals surface area contributed by atoms with Gasteiger partial charge >= 0.3 is 12.1 Å². The highest BCUT2D eigenvalue weighted by atomic mass is 16.7. The number of hydrogen-bond donors (Lipinski definition) is 1. The van der Waals surface area contributed by atoms with Gasteiger partial charge in [0, 0.05) is 13.0 Å². The molecule has 0 heterocycles. The van der Waals surface area contributed by atoms with Gasteiger partial charge in [0.1, 0.15) is 0 Å². The molecule has 0 rings (SSSR count). The van der Waals surface area contributed by atoms with Crippen LogP contribution in [-0.2, 0) is 14.3 Å². The Bertz CT molecular complexity index is 154. The first kappa shape index (κ1) is 10.9. The van der Waals surface area contributed by atoms with Crippen molar-refractivity contribution >= 4 is 12.1 Å². The van der Waals surface area contributed by atoms with Crippen LogP contribution in [0, 0.1) is 0 Å². The van der Waals surface area contributed by atoms with Crippen molar-refractivity contribution in [2.45, 2.75) is 19.8 Å². The summed E-state index contributed by atoms with van der Waals surface area (Å²) in [6, 6.07) is 0. The molecule has 1 N–H and O–H groups in total. The quantitative estimate of drug-likeness (QED) is 0.497. The third-order valence-electron chi connectivity index (χ3n) is 0.998. The Hall–Kier alpha value is -1.10. The molecule has 0 aromatic rings. The van der Waals surface area contributed by atoms with E-state index in [0.717, 1.165) is 0 Å². The summed E-state index contributed by atoms with van der Waals surface area (Å²) >= 11 is 0. The van der Waals surface area contributed by atoms with Crippen LogP contribution in [0.25, 0.3) is 0 Å². The van der Waals surface area contributed by atoms with Gasteiger partial charge in [-0.2, -0.15) is 0 Å². The van der Waals surface area contributed by atoms with Crippen molar-refractivity contribution in [1.29, 1.82) is 0 Å². The molecule has 0 amide bonds. The Morgan fingerprint density at radius 3 is 2.58 bits per heavy atom. The number of hydrogen-bond acceptors (Lipinski definition) is 5. The fourth-order valence-electron chi connectivity index (χ4n) is 0.515. The molecule has 0 aliphatic rings. The molecular weight excluding hydrogens is 164 g/mol. The molecule has 0 radical (unpaired) electrons. The Balaban J connectivity index is 3.47. The maximum Gasteiger partial charge on any atom is 0.516 e. The summed E-state index contributed by atoms with van der Waals surface area (Å²) in [5.41, 5.74) is 0. The smallest absolute Gasteiger partial charge is 0.434 e. The summed E-state index contributed by atoms with van der Waals surface area (Å²) in [7, 11) is 0. The van der Waals surface area contributed by atoms with Crippen molar-refractivity contribution in [3.63, 3.8) is 0 Å². The zero-order valence-electron chi connectivity index (χ0n) is 6.91. The van der Waals surface area contributed by atoms with Crippen LogP contribution in [0.3, 0.4) is 0 Å². The number of carbonyl (C=O) groups excluding carboxylic acids is 2. The minimum absolute atomic E-state index is 0.0231. The predicted octanol–water partition coefficient (Wildman–Crippen LogP) is 0.459. The summed E-state index contributed by atoms with van der Waals surface area (Å²) in [6.45, 7) is 1.68. The van der Waals surface area contributed by atoms with Crippen molar-refractivity contribution in [3.05, 3.63) is 0 Å². The highest BCUT2D eigenvalue weighted by Gasteiger charge is 2.09. The van der Waals surface area contributed by atoms with Crippen molar-refractivity contribution in [2.75, 3.05) is 13.2 Å². The molecule has 0 aliphatic carbocycles. The molecule has 0 spiro atoms. The topological polar surface area (TPSA) is 72.8 Å². The summed E-state index contributed by atoms with van der Waals surface area (Å²) in [5.74, 6) is -0.678. The molecule has 0 aliphatic heterocycles. The third kappa shape index (κ3) is 5.67. The fourth-order valence-corrected chi connectivity index (χ4v) is 0.515. The van der Waals surface area contributed by atoms with Gasteiger partial charge in [0.2, 0.25) is 0 Å². The molecule has 0 unspecified atom stereocenters. The summed E-state index contributed by atoms with van der Waals surface area (Å²) in [5, 5.41) is 8.33. The van der Waals surface area contributed by atoms with Crippen molar-refractivity contribution < 1.29 is 24.2 Å². The van der Waals surface area contributed by atoms with Crippen molar-refractivity contribution in [1.82, 2.24) is 0 Å². The predicted molar refractivity (Wildman–Crippen MR) is 39.4 cm³/mol. The van der Waals surface area contributed by atoms with Crippen LogP contribution in [-0.4, -0.2) is 30.4 Å². The number of rotatable bonds is 4. The van der Waals surface area contributed by atoms with Gasteiger partial charge in [-0.25, -0.2) is 4.79 Å². The van der Waals surface area contributed by atoms with E-state index in [1.807, 2.05) is 0 Å². The molecule has 12 heavy (non-hydrogen) atoms. The SMILES string of the molecule is CCOC(=O)OC(=O)CCCO. The molecule has 0 aromatic heterocycles. The molecule has 0 bridgehead atoms. The molecule has 0 fully saturated rings. The monoisotopic (exact) mass is 176 g/mol. The lowest BCUT2D eigenvalue weighted by atomic mass is 10.3. The first-order valence-corrected chi connectivity index (χ1v) is 3.69. The number of carbonyl (C=O) groups is 2. The van der Waals surface area contributed by atoms with E-state index in [4.69, 9.17) is 5.11 Å². The van der Waals surface area contributed by atoms with Crippen LogP contribution in [0.1, 0.15) is 19.8 Å². The zero-order valence-corrected chi connectivity index (χ0v) is 6.91. The lowest BCUT2D eigenvalue weighted by Gasteiger charge is -2.00. The van der Waals surface area contributed by atoms with E-state index in [2.05, 4.69) is 9.47 Å². The number of aliphatic hydroxyl groups is 1. The van der Waals surface area contributed by atoms with E-state index in [1.54, 1.807) is 6.92 Å². The van der Waals surface area contributed by atoms with Gasteiger partial charge in [-0.3, -0.25) is 4.79 Å². The Morgan fingerprint density at radius 1 is 1.42 bits per heavy atom. The van der Waals surface area contributed by atoms with E-state index in [-0.39, 0.29) is 26.1 Å². The van der Waals surface area contributed by atoms with Gasteiger partial charge in [-0.15, -0.1) is 0 Å². The number of esters is 1. The maximum atomic E-state index is 10.7. The van der Waals surface area contributed by atoms with Crippen LogP contribution in [0.15, 0.2) is 0 Å². The summed E-state index contributed by atoms with van der Waals surface area (Å²) < 4.78 is 8.53. The standard InChI is InChI=1S/C7H12O5/c1-2-11-7(10)12-6(9)4-3-5-8/h8H,2-5H2,1H3. The number of ether oxygens (including phenoxy) is 2. The fraction of sp³-hybridized carbons (Fsp3) is 0.714. The summed E-state index contributed by atoms with van der Waals surface area (Å²) in [6.07, 6.45) is -0.673. The minimum atomic E-state index is -0.986. The molecule has 0 atom stereocenters. The molecular formula is C7H12O5. The average Bonchev–Trinajstić information content (AvgIpc) is 2.01. The summed E-state index contributed by atoms with van der Waals surface area (Å²) in [4.78, 5) is 21.1. The molecule has 0 saturated carbocycles. The van der Waals surface area contributed by atoms with Crippen LogP contribution >= 0.6 is 0 Å². The molecule has 0 saturated heterocycles. The van der Waals surface area contributed by atoms with Crippen molar-refractivity contribution in [2.24, 2.45) is 0 Å². The molecule has 70 valence electrons. The van der Waals surface area contributed by atoms with Gasteiger partial charge in [0.15, 0.2) is 0 Å². The minimum Gasteiger partial charge on any atom is -0.434 e. The third-order valence-corrected chi connectivity index (χ3v) is 0.998. The van der Waals surface area contributed by atoms with Crippen LogP contribution in [0.4, 0.5) is 4.79 Å². The molecule has 5 heteroatoms. The first-order valence-electron chi connectivity index (χ1n) is 3.69. The average molecular weight is 176 g/mol. The Labute approximate surface area is 70.3 Å². The lowest BCUT2D eigenvalue weighted by Crippen LogP contribution is -2.13. The Morgan fingerprint density at radius 2 is 2.08 bits per heavy atom. The van der Waals surface area contributed by atoms with Crippen LogP contribution in [0.2, 0.25) is 0 Å². The van der Waals surface area contributed by atoms with Gasteiger partial charge < -0.3 is 14.6 Å². The largest absolute Gasteiger partial charge is 0.516 e. The van der Waals surface area contributed by atoms with Gasteiger partial charge in [-0.05, 0) is 13.3 Å². The van der Waals surface area contributed by atoms with E-state index in [9.17, 15) is 9.59 Å². The van der Waals surface area contributed by atoms with E-state index in [1.165, 1.54) is 0 Å². The second-order valence-corrected chi connectivity index (χ2v) is 1.98.